The second-order valence-corrected chi connectivity index (χ2v) is 4.82. The monoisotopic (exact) mass is 304 g/mol. The highest BCUT2D eigenvalue weighted by Gasteiger charge is 2.12. The van der Waals surface area contributed by atoms with Crippen LogP contribution in [0.25, 0.3) is 10.9 Å². The number of para-hydroxylation sites is 1. The largest absolute Gasteiger partial charge is 0.256 e. The van der Waals surface area contributed by atoms with Crippen LogP contribution in [0.1, 0.15) is 5.56 Å². The van der Waals surface area contributed by atoms with Crippen LogP contribution in [0.15, 0.2) is 53.1 Å². The van der Waals surface area contributed by atoms with E-state index in [9.17, 15) is 4.39 Å². The van der Waals surface area contributed by atoms with Crippen molar-refractivity contribution in [3.8, 4) is 0 Å². The average molecular weight is 305 g/mol. The number of rotatable bonds is 2. The number of halogens is 2. The lowest BCUT2D eigenvalue weighted by Crippen LogP contribution is -2.02. The topological polar surface area (TPSA) is 17.8 Å². The molecule has 0 spiro atoms. The third-order valence-electron chi connectivity index (χ3n) is 2.85. The molecule has 0 aliphatic carbocycles. The Morgan fingerprint density at radius 1 is 1.06 bits per heavy atom. The summed E-state index contributed by atoms with van der Waals surface area (Å²) in [6.45, 7) is 0.559. The lowest BCUT2D eigenvalue weighted by Gasteiger charge is -2.04. The van der Waals surface area contributed by atoms with Gasteiger partial charge in [-0.15, -0.1) is 0 Å². The SMILES string of the molecule is Fc1cccc2c(Br)nn(Cc3ccccc3)c12. The quantitative estimate of drug-likeness (QED) is 0.700. The summed E-state index contributed by atoms with van der Waals surface area (Å²) >= 11 is 3.37. The van der Waals surface area contributed by atoms with Gasteiger partial charge in [0, 0.05) is 5.39 Å². The molecule has 0 unspecified atom stereocenters. The fourth-order valence-corrected chi connectivity index (χ4v) is 2.54. The Hall–Kier alpha value is -1.68. The van der Waals surface area contributed by atoms with Crippen LogP contribution in [0.5, 0.6) is 0 Å². The maximum atomic E-state index is 13.9. The number of fused-ring (bicyclic) bond motifs is 1. The minimum Gasteiger partial charge on any atom is -0.256 e. The van der Waals surface area contributed by atoms with Crippen molar-refractivity contribution in [1.29, 1.82) is 0 Å². The highest BCUT2D eigenvalue weighted by atomic mass is 79.9. The van der Waals surface area contributed by atoms with Gasteiger partial charge in [0.05, 0.1) is 6.54 Å². The van der Waals surface area contributed by atoms with Crippen molar-refractivity contribution in [2.24, 2.45) is 0 Å². The Balaban J connectivity index is 2.13. The van der Waals surface area contributed by atoms with Crippen LogP contribution >= 0.6 is 15.9 Å². The minimum absolute atomic E-state index is 0.248. The van der Waals surface area contributed by atoms with Crippen LogP contribution in [0.4, 0.5) is 4.39 Å². The molecular weight excluding hydrogens is 295 g/mol. The normalized spacial score (nSPS) is 11.0. The zero-order valence-corrected chi connectivity index (χ0v) is 11.1. The van der Waals surface area contributed by atoms with Crippen molar-refractivity contribution < 1.29 is 4.39 Å². The van der Waals surface area contributed by atoms with Gasteiger partial charge in [-0.25, -0.2) is 4.39 Å². The highest BCUT2D eigenvalue weighted by Crippen LogP contribution is 2.25. The maximum Gasteiger partial charge on any atom is 0.149 e. The molecule has 0 aliphatic heterocycles. The van der Waals surface area contributed by atoms with Gasteiger partial charge in [-0.3, -0.25) is 4.68 Å². The van der Waals surface area contributed by atoms with Gasteiger partial charge < -0.3 is 0 Å². The van der Waals surface area contributed by atoms with Crippen molar-refractivity contribution in [1.82, 2.24) is 9.78 Å². The van der Waals surface area contributed by atoms with E-state index in [1.165, 1.54) is 6.07 Å². The Kier molecular flexibility index (Phi) is 2.88. The zero-order chi connectivity index (χ0) is 12.5. The fraction of sp³-hybridized carbons (Fsp3) is 0.0714. The molecule has 2 nitrogen and oxygen atoms in total. The first-order valence-electron chi connectivity index (χ1n) is 5.60. The molecule has 0 amide bonds. The first-order valence-corrected chi connectivity index (χ1v) is 6.39. The van der Waals surface area contributed by atoms with Gasteiger partial charge in [0.1, 0.15) is 15.9 Å². The summed E-state index contributed by atoms with van der Waals surface area (Å²) in [5.41, 5.74) is 1.63. The summed E-state index contributed by atoms with van der Waals surface area (Å²) in [5, 5.41) is 5.14. The third kappa shape index (κ3) is 1.93. The summed E-state index contributed by atoms with van der Waals surface area (Å²) in [4.78, 5) is 0. The van der Waals surface area contributed by atoms with Gasteiger partial charge in [0.15, 0.2) is 0 Å². The second kappa shape index (κ2) is 4.53. The Morgan fingerprint density at radius 3 is 2.61 bits per heavy atom. The molecule has 0 radical (unpaired) electrons. The van der Waals surface area contributed by atoms with Crippen molar-refractivity contribution in [3.05, 3.63) is 64.5 Å². The van der Waals surface area contributed by atoms with E-state index in [1.807, 2.05) is 36.4 Å². The first-order chi connectivity index (χ1) is 8.75. The summed E-state index contributed by atoms with van der Waals surface area (Å²) in [6.07, 6.45) is 0. The van der Waals surface area contributed by atoms with Gasteiger partial charge in [-0.05, 0) is 33.6 Å². The zero-order valence-electron chi connectivity index (χ0n) is 9.48. The lowest BCUT2D eigenvalue weighted by molar-refractivity contribution is 0.615. The molecule has 2 aromatic carbocycles. The van der Waals surface area contributed by atoms with Crippen LogP contribution in [0.2, 0.25) is 0 Å². The molecule has 0 N–H and O–H groups in total. The molecule has 3 aromatic rings. The predicted octanol–water partition coefficient (Wildman–Crippen LogP) is 3.99. The molecule has 4 heteroatoms. The number of hydrogen-bond donors (Lipinski definition) is 0. The van der Waals surface area contributed by atoms with Crippen LogP contribution in [-0.2, 0) is 6.54 Å². The standard InChI is InChI=1S/C14H10BrFN2/c15-14-11-7-4-8-12(16)13(11)18(17-14)9-10-5-2-1-3-6-10/h1-8H,9H2. The lowest BCUT2D eigenvalue weighted by atomic mass is 10.2. The predicted molar refractivity (Wildman–Crippen MR) is 72.9 cm³/mol. The van der Waals surface area contributed by atoms with E-state index < -0.39 is 0 Å². The van der Waals surface area contributed by atoms with E-state index in [0.717, 1.165) is 10.9 Å². The Labute approximate surface area is 112 Å². The molecule has 3 rings (SSSR count). The van der Waals surface area contributed by atoms with Crippen LogP contribution in [0.3, 0.4) is 0 Å². The minimum atomic E-state index is -0.248. The molecule has 0 saturated heterocycles. The molecule has 0 saturated carbocycles. The van der Waals surface area contributed by atoms with E-state index in [1.54, 1.807) is 10.7 Å². The molecule has 0 aliphatic rings. The van der Waals surface area contributed by atoms with E-state index in [2.05, 4.69) is 21.0 Å². The Morgan fingerprint density at radius 2 is 1.83 bits per heavy atom. The average Bonchev–Trinajstić information content (AvgIpc) is 2.69. The number of nitrogens with zero attached hydrogens (tertiary/aromatic N) is 2. The van der Waals surface area contributed by atoms with Crippen molar-refractivity contribution in [2.75, 3.05) is 0 Å². The van der Waals surface area contributed by atoms with Crippen LogP contribution in [-0.4, -0.2) is 9.78 Å². The number of hydrogen-bond acceptors (Lipinski definition) is 1. The van der Waals surface area contributed by atoms with Gasteiger partial charge in [0.25, 0.3) is 0 Å². The molecule has 1 heterocycles. The summed E-state index contributed by atoms with van der Waals surface area (Å²) < 4.78 is 16.2. The summed E-state index contributed by atoms with van der Waals surface area (Å²) in [7, 11) is 0. The Bertz CT molecular complexity index is 692. The number of aromatic nitrogens is 2. The molecule has 0 atom stereocenters. The molecule has 0 fully saturated rings. The van der Waals surface area contributed by atoms with E-state index >= 15 is 0 Å². The van der Waals surface area contributed by atoms with E-state index in [4.69, 9.17) is 0 Å². The summed E-state index contributed by atoms with van der Waals surface area (Å²) in [6, 6.07) is 14.9. The van der Waals surface area contributed by atoms with Crippen molar-refractivity contribution in [3.63, 3.8) is 0 Å². The van der Waals surface area contributed by atoms with E-state index in [0.29, 0.717) is 16.7 Å². The van der Waals surface area contributed by atoms with Crippen molar-refractivity contribution >= 4 is 26.8 Å². The molecule has 0 bridgehead atoms. The second-order valence-electron chi connectivity index (χ2n) is 4.07. The smallest absolute Gasteiger partial charge is 0.149 e. The molecule has 1 aromatic heterocycles. The first kappa shape index (κ1) is 11.4. The highest BCUT2D eigenvalue weighted by molar-refractivity contribution is 9.10. The van der Waals surface area contributed by atoms with Gasteiger partial charge in [-0.2, -0.15) is 5.10 Å². The third-order valence-corrected chi connectivity index (χ3v) is 3.44. The fourth-order valence-electron chi connectivity index (χ4n) is 2.02. The molecule has 18 heavy (non-hydrogen) atoms. The van der Waals surface area contributed by atoms with E-state index in [-0.39, 0.29) is 5.82 Å². The van der Waals surface area contributed by atoms with Crippen molar-refractivity contribution in [2.45, 2.75) is 6.54 Å². The molecular formula is C14H10BrFN2. The van der Waals surface area contributed by atoms with Crippen LogP contribution in [0, 0.1) is 5.82 Å². The van der Waals surface area contributed by atoms with Gasteiger partial charge in [-0.1, -0.05) is 36.4 Å². The summed E-state index contributed by atoms with van der Waals surface area (Å²) in [5.74, 6) is -0.248. The maximum absolute atomic E-state index is 13.9. The molecule has 90 valence electrons. The number of benzene rings is 2. The van der Waals surface area contributed by atoms with Gasteiger partial charge in [0.2, 0.25) is 0 Å². The van der Waals surface area contributed by atoms with Crippen LogP contribution < -0.4 is 0 Å². The van der Waals surface area contributed by atoms with Gasteiger partial charge >= 0.3 is 0 Å².